The summed E-state index contributed by atoms with van der Waals surface area (Å²) in [6.45, 7) is 1.54. The van der Waals surface area contributed by atoms with Crippen molar-refractivity contribution in [3.05, 3.63) is 34.2 Å². The topological polar surface area (TPSA) is 85.5 Å². The molecule has 1 saturated heterocycles. The van der Waals surface area contributed by atoms with Crippen molar-refractivity contribution < 1.29 is 9.59 Å². The molecule has 7 heteroatoms. The number of amides is 2. The molecule has 1 atom stereocenters. The summed E-state index contributed by atoms with van der Waals surface area (Å²) in [7, 11) is 3.33. The Morgan fingerprint density at radius 1 is 1.35 bits per heavy atom. The molecule has 20 heavy (non-hydrogen) atoms. The molecule has 1 aromatic rings. The second-order valence-electron chi connectivity index (χ2n) is 4.89. The maximum absolute atomic E-state index is 12.5. The molecule has 1 aromatic heterocycles. The van der Waals surface area contributed by atoms with Gasteiger partial charge in [0.2, 0.25) is 11.5 Å². The monoisotopic (exact) mass is 278 g/mol. The first-order valence-corrected chi connectivity index (χ1v) is 6.42. The first-order chi connectivity index (χ1) is 9.50. The Labute approximate surface area is 116 Å². The van der Waals surface area contributed by atoms with Gasteiger partial charge in [0.1, 0.15) is 6.04 Å². The van der Waals surface area contributed by atoms with Crippen LogP contribution in [0.4, 0.5) is 0 Å². The SMILES string of the molecule is CN(C)C(=O)C1CNCCN1C(=O)c1ccc(=O)[nH]c1. The van der Waals surface area contributed by atoms with Crippen LogP contribution in [0.5, 0.6) is 0 Å². The van der Waals surface area contributed by atoms with Gasteiger partial charge in [-0.1, -0.05) is 0 Å². The van der Waals surface area contributed by atoms with Crippen LogP contribution in [0.25, 0.3) is 0 Å². The number of likely N-dealkylation sites (N-methyl/N-ethyl adjacent to an activating group) is 1. The molecule has 2 heterocycles. The Morgan fingerprint density at radius 3 is 2.70 bits per heavy atom. The van der Waals surface area contributed by atoms with Crippen molar-refractivity contribution in [2.45, 2.75) is 6.04 Å². The number of piperazine rings is 1. The molecule has 0 spiro atoms. The second-order valence-corrected chi connectivity index (χ2v) is 4.89. The standard InChI is InChI=1S/C13H18N4O3/c1-16(2)13(20)10-8-14-5-6-17(10)12(19)9-3-4-11(18)15-7-9/h3-4,7,10,14H,5-6,8H2,1-2H3,(H,15,18). The Balaban J connectivity index is 2.23. The smallest absolute Gasteiger partial charge is 0.256 e. The summed E-state index contributed by atoms with van der Waals surface area (Å²) in [4.78, 5) is 41.1. The lowest BCUT2D eigenvalue weighted by Crippen LogP contribution is -2.59. The van der Waals surface area contributed by atoms with Crippen LogP contribution >= 0.6 is 0 Å². The van der Waals surface area contributed by atoms with Gasteiger partial charge in [-0.3, -0.25) is 14.4 Å². The average Bonchev–Trinajstić information content (AvgIpc) is 2.46. The maximum Gasteiger partial charge on any atom is 0.256 e. The number of pyridine rings is 1. The van der Waals surface area contributed by atoms with E-state index in [1.54, 1.807) is 19.0 Å². The van der Waals surface area contributed by atoms with Gasteiger partial charge in [0.15, 0.2) is 0 Å². The summed E-state index contributed by atoms with van der Waals surface area (Å²) < 4.78 is 0. The highest BCUT2D eigenvalue weighted by molar-refractivity contribution is 5.97. The fourth-order valence-corrected chi connectivity index (χ4v) is 2.18. The molecule has 1 aliphatic rings. The van der Waals surface area contributed by atoms with Gasteiger partial charge in [0.05, 0.1) is 5.56 Å². The molecular weight excluding hydrogens is 260 g/mol. The number of aromatic amines is 1. The predicted octanol–water partition coefficient (Wildman–Crippen LogP) is -1.12. The molecule has 2 rings (SSSR count). The lowest BCUT2D eigenvalue weighted by atomic mass is 10.1. The normalized spacial score (nSPS) is 18.7. The van der Waals surface area contributed by atoms with Gasteiger partial charge < -0.3 is 20.1 Å². The highest BCUT2D eigenvalue weighted by atomic mass is 16.2. The number of nitrogens with zero attached hydrogens (tertiary/aromatic N) is 2. The summed E-state index contributed by atoms with van der Waals surface area (Å²) in [5.74, 6) is -0.363. The van der Waals surface area contributed by atoms with Crippen LogP contribution in [0.15, 0.2) is 23.1 Å². The van der Waals surface area contributed by atoms with Crippen LogP contribution in [-0.4, -0.2) is 66.4 Å². The summed E-state index contributed by atoms with van der Waals surface area (Å²) in [5, 5.41) is 3.12. The predicted molar refractivity (Wildman–Crippen MR) is 73.5 cm³/mol. The molecule has 0 bridgehead atoms. The molecule has 1 aliphatic heterocycles. The molecule has 7 nitrogen and oxygen atoms in total. The number of H-pyrrole nitrogens is 1. The van der Waals surface area contributed by atoms with Gasteiger partial charge in [-0.25, -0.2) is 0 Å². The minimum Gasteiger partial charge on any atom is -0.347 e. The number of nitrogens with one attached hydrogen (secondary N) is 2. The summed E-state index contributed by atoms with van der Waals surface area (Å²) in [6.07, 6.45) is 1.38. The van der Waals surface area contributed by atoms with Crippen molar-refractivity contribution in [2.24, 2.45) is 0 Å². The molecule has 2 N–H and O–H groups in total. The minimum absolute atomic E-state index is 0.116. The molecule has 0 aliphatic carbocycles. The number of aromatic nitrogens is 1. The van der Waals surface area contributed by atoms with Crippen molar-refractivity contribution in [2.75, 3.05) is 33.7 Å². The van der Waals surface area contributed by atoms with E-state index < -0.39 is 6.04 Å². The van der Waals surface area contributed by atoms with Gasteiger partial charge in [0, 0.05) is 46.0 Å². The minimum atomic E-state index is -0.516. The molecule has 2 amide bonds. The van der Waals surface area contributed by atoms with Crippen LogP contribution in [0.2, 0.25) is 0 Å². The summed E-state index contributed by atoms with van der Waals surface area (Å²) in [6, 6.07) is 2.26. The highest BCUT2D eigenvalue weighted by Gasteiger charge is 2.33. The number of rotatable bonds is 2. The van der Waals surface area contributed by atoms with Crippen molar-refractivity contribution in [3.8, 4) is 0 Å². The van der Waals surface area contributed by atoms with Crippen molar-refractivity contribution >= 4 is 11.8 Å². The van der Waals surface area contributed by atoms with E-state index in [0.717, 1.165) is 0 Å². The third-order valence-electron chi connectivity index (χ3n) is 3.26. The number of carbonyl (C=O) groups excluding carboxylic acids is 2. The fourth-order valence-electron chi connectivity index (χ4n) is 2.18. The molecule has 0 aromatic carbocycles. The molecule has 0 saturated carbocycles. The van der Waals surface area contributed by atoms with E-state index in [1.165, 1.54) is 23.2 Å². The van der Waals surface area contributed by atoms with Crippen molar-refractivity contribution in [1.29, 1.82) is 0 Å². The Kier molecular flexibility index (Phi) is 4.19. The Bertz CT molecular complexity index is 546. The fraction of sp³-hybridized carbons (Fsp3) is 0.462. The van der Waals surface area contributed by atoms with Gasteiger partial charge in [-0.2, -0.15) is 0 Å². The number of hydrogen-bond acceptors (Lipinski definition) is 4. The third kappa shape index (κ3) is 2.88. The van der Waals surface area contributed by atoms with Gasteiger partial charge >= 0.3 is 0 Å². The molecule has 1 unspecified atom stereocenters. The largest absolute Gasteiger partial charge is 0.347 e. The average molecular weight is 278 g/mol. The number of hydrogen-bond donors (Lipinski definition) is 2. The zero-order valence-corrected chi connectivity index (χ0v) is 11.5. The lowest BCUT2D eigenvalue weighted by Gasteiger charge is -2.36. The van der Waals surface area contributed by atoms with Crippen LogP contribution < -0.4 is 10.9 Å². The number of carbonyl (C=O) groups is 2. The first-order valence-electron chi connectivity index (χ1n) is 6.42. The molecule has 1 fully saturated rings. The van der Waals surface area contributed by atoms with E-state index in [9.17, 15) is 14.4 Å². The molecule has 0 radical (unpaired) electrons. The van der Waals surface area contributed by atoms with E-state index in [4.69, 9.17) is 0 Å². The van der Waals surface area contributed by atoms with E-state index in [0.29, 0.717) is 25.2 Å². The van der Waals surface area contributed by atoms with E-state index in [-0.39, 0.29) is 17.4 Å². The highest BCUT2D eigenvalue weighted by Crippen LogP contribution is 2.11. The summed E-state index contributed by atoms with van der Waals surface area (Å²) >= 11 is 0. The van der Waals surface area contributed by atoms with Gasteiger partial charge in [-0.15, -0.1) is 0 Å². The third-order valence-corrected chi connectivity index (χ3v) is 3.26. The van der Waals surface area contributed by atoms with Crippen molar-refractivity contribution in [1.82, 2.24) is 20.1 Å². The Hall–Kier alpha value is -2.15. The second kappa shape index (κ2) is 5.87. The zero-order valence-electron chi connectivity index (χ0n) is 11.5. The summed E-state index contributed by atoms with van der Waals surface area (Å²) in [5.41, 5.74) is 0.117. The quantitative estimate of drug-likeness (QED) is 0.717. The van der Waals surface area contributed by atoms with E-state index in [1.807, 2.05) is 0 Å². The first kappa shape index (κ1) is 14.3. The van der Waals surface area contributed by atoms with Crippen LogP contribution in [0, 0.1) is 0 Å². The molecule has 108 valence electrons. The van der Waals surface area contributed by atoms with E-state index >= 15 is 0 Å². The Morgan fingerprint density at radius 2 is 2.10 bits per heavy atom. The van der Waals surface area contributed by atoms with E-state index in [2.05, 4.69) is 10.3 Å². The maximum atomic E-state index is 12.5. The van der Waals surface area contributed by atoms with Gasteiger partial charge in [-0.05, 0) is 6.07 Å². The van der Waals surface area contributed by atoms with Crippen molar-refractivity contribution in [3.63, 3.8) is 0 Å². The van der Waals surface area contributed by atoms with Gasteiger partial charge in [0.25, 0.3) is 5.91 Å². The lowest BCUT2D eigenvalue weighted by molar-refractivity contribution is -0.134. The zero-order chi connectivity index (χ0) is 14.7. The van der Waals surface area contributed by atoms with Crippen LogP contribution in [0.1, 0.15) is 10.4 Å². The van der Waals surface area contributed by atoms with Crippen LogP contribution in [-0.2, 0) is 4.79 Å². The van der Waals surface area contributed by atoms with Crippen LogP contribution in [0.3, 0.4) is 0 Å². The molecular formula is C13H18N4O3.